The number of hydrogen-bond acceptors (Lipinski definition) is 4. The summed E-state index contributed by atoms with van der Waals surface area (Å²) < 4.78 is 30.7. The molecule has 96 valence electrons. The molecule has 0 radical (unpaired) electrons. The molecule has 0 aliphatic rings. The maximum Gasteiger partial charge on any atom is 0.214 e. The standard InChI is InChI=1S/C9H21N3O3S/c1-7(2)15-5-6-16(13,14)12-9(3,4)8(10)11/h7,12H,5-6H2,1-4H3,(H3,10,11). The molecule has 4 N–H and O–H groups in total. The van der Waals surface area contributed by atoms with Gasteiger partial charge in [0.15, 0.2) is 0 Å². The van der Waals surface area contributed by atoms with Crippen molar-refractivity contribution in [2.24, 2.45) is 5.73 Å². The topological polar surface area (TPSA) is 105 Å². The zero-order valence-electron chi connectivity index (χ0n) is 10.2. The molecule has 0 saturated carbocycles. The van der Waals surface area contributed by atoms with Crippen LogP contribution in [0.15, 0.2) is 0 Å². The first-order chi connectivity index (χ1) is 7.07. The van der Waals surface area contributed by atoms with Crippen molar-refractivity contribution in [3.8, 4) is 0 Å². The van der Waals surface area contributed by atoms with Crippen LogP contribution in [-0.2, 0) is 14.8 Å². The van der Waals surface area contributed by atoms with Crippen LogP contribution in [0.4, 0.5) is 0 Å². The van der Waals surface area contributed by atoms with Crippen LogP contribution in [0, 0.1) is 5.41 Å². The van der Waals surface area contributed by atoms with Gasteiger partial charge in [-0.25, -0.2) is 13.1 Å². The van der Waals surface area contributed by atoms with Gasteiger partial charge >= 0.3 is 0 Å². The molecule has 0 aromatic heterocycles. The fourth-order valence-electron chi connectivity index (χ4n) is 0.888. The first-order valence-electron chi connectivity index (χ1n) is 5.04. The van der Waals surface area contributed by atoms with Gasteiger partial charge in [-0.1, -0.05) is 0 Å². The molecule has 0 unspecified atom stereocenters. The fraction of sp³-hybridized carbons (Fsp3) is 0.889. The molecule has 0 aromatic rings. The third-order valence-corrected chi connectivity index (χ3v) is 3.41. The Bertz CT molecular complexity index is 336. The summed E-state index contributed by atoms with van der Waals surface area (Å²) in [4.78, 5) is 0. The fourth-order valence-corrected chi connectivity index (χ4v) is 2.19. The van der Waals surface area contributed by atoms with Gasteiger partial charge < -0.3 is 10.5 Å². The summed E-state index contributed by atoms with van der Waals surface area (Å²) in [6, 6.07) is 0. The van der Waals surface area contributed by atoms with Crippen LogP contribution >= 0.6 is 0 Å². The predicted molar refractivity (Wildman–Crippen MR) is 64.0 cm³/mol. The Hall–Kier alpha value is -0.660. The second kappa shape index (κ2) is 5.60. The Labute approximate surface area is 97.1 Å². The Morgan fingerprint density at radius 2 is 2.00 bits per heavy atom. The highest BCUT2D eigenvalue weighted by Crippen LogP contribution is 2.04. The molecule has 0 heterocycles. The number of sulfonamides is 1. The van der Waals surface area contributed by atoms with Gasteiger partial charge in [-0.15, -0.1) is 0 Å². The monoisotopic (exact) mass is 251 g/mol. The van der Waals surface area contributed by atoms with Crippen molar-refractivity contribution in [2.75, 3.05) is 12.4 Å². The first-order valence-corrected chi connectivity index (χ1v) is 6.70. The zero-order valence-corrected chi connectivity index (χ0v) is 11.0. The van der Waals surface area contributed by atoms with Gasteiger partial charge in [-0.2, -0.15) is 0 Å². The summed E-state index contributed by atoms with van der Waals surface area (Å²) in [5, 5.41) is 7.24. The van der Waals surface area contributed by atoms with Crippen LogP contribution in [0.25, 0.3) is 0 Å². The summed E-state index contributed by atoms with van der Waals surface area (Å²) in [5.41, 5.74) is 4.22. The van der Waals surface area contributed by atoms with Gasteiger partial charge in [0.2, 0.25) is 10.0 Å². The lowest BCUT2D eigenvalue weighted by molar-refractivity contribution is 0.0911. The van der Waals surface area contributed by atoms with Crippen molar-refractivity contribution >= 4 is 15.9 Å². The third-order valence-electron chi connectivity index (χ3n) is 1.89. The highest BCUT2D eigenvalue weighted by molar-refractivity contribution is 7.89. The number of nitrogens with one attached hydrogen (secondary N) is 2. The third kappa shape index (κ3) is 6.04. The molecule has 0 rings (SSSR count). The van der Waals surface area contributed by atoms with E-state index in [9.17, 15) is 8.42 Å². The van der Waals surface area contributed by atoms with E-state index in [0.717, 1.165) is 0 Å². The highest BCUT2D eigenvalue weighted by Gasteiger charge is 2.27. The molecule has 6 nitrogen and oxygen atoms in total. The van der Waals surface area contributed by atoms with Crippen LogP contribution in [0.3, 0.4) is 0 Å². The smallest absolute Gasteiger partial charge is 0.214 e. The Morgan fingerprint density at radius 3 is 2.38 bits per heavy atom. The maximum atomic E-state index is 11.6. The minimum absolute atomic E-state index is 0.00369. The van der Waals surface area contributed by atoms with Crippen molar-refractivity contribution < 1.29 is 13.2 Å². The number of hydrogen-bond donors (Lipinski definition) is 3. The summed E-state index contributed by atoms with van der Waals surface area (Å²) in [6.07, 6.45) is -0.00369. The molecule has 0 amide bonds. The molecule has 0 aromatic carbocycles. The number of ether oxygens (including phenoxy) is 1. The first kappa shape index (κ1) is 15.3. The van der Waals surface area contributed by atoms with E-state index in [-0.39, 0.29) is 24.3 Å². The lowest BCUT2D eigenvalue weighted by Crippen LogP contribution is -2.53. The van der Waals surface area contributed by atoms with Crippen molar-refractivity contribution in [2.45, 2.75) is 39.3 Å². The highest BCUT2D eigenvalue weighted by atomic mass is 32.2. The molecule has 0 fully saturated rings. The van der Waals surface area contributed by atoms with Gasteiger partial charge in [-0.3, -0.25) is 5.41 Å². The molecule has 0 saturated heterocycles. The van der Waals surface area contributed by atoms with Crippen molar-refractivity contribution in [3.05, 3.63) is 0 Å². The maximum absolute atomic E-state index is 11.6. The van der Waals surface area contributed by atoms with Crippen LogP contribution in [-0.4, -0.2) is 38.3 Å². The number of nitrogens with two attached hydrogens (primary N) is 1. The SMILES string of the molecule is CC(C)OCCS(=O)(=O)NC(C)(C)C(=N)N. The van der Waals surface area contributed by atoms with E-state index in [1.165, 1.54) is 13.8 Å². The lowest BCUT2D eigenvalue weighted by atomic mass is 10.1. The largest absolute Gasteiger partial charge is 0.386 e. The second-order valence-corrected chi connectivity index (χ2v) is 6.22. The molecule has 0 aliphatic heterocycles. The van der Waals surface area contributed by atoms with Crippen LogP contribution in [0.5, 0.6) is 0 Å². The van der Waals surface area contributed by atoms with Gasteiger partial charge in [0, 0.05) is 0 Å². The van der Waals surface area contributed by atoms with Crippen LogP contribution in [0.2, 0.25) is 0 Å². The van der Waals surface area contributed by atoms with Gasteiger partial charge in [-0.05, 0) is 27.7 Å². The Kier molecular flexibility index (Phi) is 5.37. The van der Waals surface area contributed by atoms with Crippen molar-refractivity contribution in [1.82, 2.24) is 4.72 Å². The van der Waals surface area contributed by atoms with E-state index in [0.29, 0.717) is 0 Å². The summed E-state index contributed by atoms with van der Waals surface area (Å²) in [6.45, 7) is 6.87. The lowest BCUT2D eigenvalue weighted by Gasteiger charge is -2.24. The van der Waals surface area contributed by atoms with Crippen molar-refractivity contribution in [3.63, 3.8) is 0 Å². The minimum Gasteiger partial charge on any atom is -0.386 e. The number of rotatable bonds is 7. The Balaban J connectivity index is 4.31. The van der Waals surface area contributed by atoms with E-state index >= 15 is 0 Å². The quantitative estimate of drug-likeness (QED) is 0.439. The average Bonchev–Trinajstić information content (AvgIpc) is 1.99. The number of amidine groups is 1. The van der Waals surface area contributed by atoms with E-state index < -0.39 is 15.6 Å². The van der Waals surface area contributed by atoms with E-state index in [2.05, 4.69) is 4.72 Å². The molecule has 0 bridgehead atoms. The molecule has 0 aliphatic carbocycles. The van der Waals surface area contributed by atoms with Gasteiger partial charge in [0.05, 0.1) is 24.0 Å². The predicted octanol–water partition coefficient (Wildman–Crippen LogP) is 0.0454. The molecule has 0 spiro atoms. The van der Waals surface area contributed by atoms with E-state index in [1.54, 1.807) is 0 Å². The van der Waals surface area contributed by atoms with Crippen LogP contribution in [0.1, 0.15) is 27.7 Å². The summed E-state index contributed by atoms with van der Waals surface area (Å²) in [5.74, 6) is -0.358. The molecule has 7 heteroatoms. The van der Waals surface area contributed by atoms with Crippen molar-refractivity contribution in [1.29, 1.82) is 5.41 Å². The molecule has 16 heavy (non-hydrogen) atoms. The molecular weight excluding hydrogens is 230 g/mol. The van der Waals surface area contributed by atoms with Crippen LogP contribution < -0.4 is 10.5 Å². The average molecular weight is 251 g/mol. The molecule has 0 atom stereocenters. The normalized spacial score (nSPS) is 13.1. The van der Waals surface area contributed by atoms with Gasteiger partial charge in [0.1, 0.15) is 5.84 Å². The summed E-state index contributed by atoms with van der Waals surface area (Å²) in [7, 11) is -3.48. The van der Waals surface area contributed by atoms with E-state index in [4.69, 9.17) is 15.9 Å². The van der Waals surface area contributed by atoms with E-state index in [1.807, 2.05) is 13.8 Å². The Morgan fingerprint density at radius 1 is 1.50 bits per heavy atom. The molecular formula is C9H21N3O3S. The summed E-state index contributed by atoms with van der Waals surface area (Å²) >= 11 is 0. The zero-order chi connectivity index (χ0) is 13.0. The second-order valence-electron chi connectivity index (χ2n) is 4.38. The minimum atomic E-state index is -3.48. The van der Waals surface area contributed by atoms with Gasteiger partial charge in [0.25, 0.3) is 0 Å².